The highest BCUT2D eigenvalue weighted by Crippen LogP contribution is 2.24. The maximum atomic E-state index is 13.8. The molecule has 1 aliphatic rings. The summed E-state index contributed by atoms with van der Waals surface area (Å²) in [5, 5.41) is -0.609. The molecule has 2 rings (SSSR count). The van der Waals surface area contributed by atoms with Crippen LogP contribution in [0.1, 0.15) is 12.0 Å². The number of nitrogens with two attached hydrogens (primary N) is 1. The zero-order valence-electron chi connectivity index (χ0n) is 9.93. The van der Waals surface area contributed by atoms with E-state index >= 15 is 0 Å². The number of aryl methyl sites for hydroxylation is 1. The summed E-state index contributed by atoms with van der Waals surface area (Å²) in [6, 6.07) is 4.27. The van der Waals surface area contributed by atoms with Crippen LogP contribution in [0.5, 0.6) is 0 Å². The SMILES string of the molecule is NCCCc1ccc(S(=O)(=O)C2COC2)c(F)c1. The maximum absolute atomic E-state index is 13.8. The van der Waals surface area contributed by atoms with Gasteiger partial charge in [-0.15, -0.1) is 0 Å². The number of halogens is 1. The van der Waals surface area contributed by atoms with Gasteiger partial charge in [0.05, 0.1) is 13.2 Å². The third-order valence-corrected chi connectivity index (χ3v) is 5.11. The Kier molecular flexibility index (Phi) is 3.99. The van der Waals surface area contributed by atoms with Crippen LogP contribution in [0.2, 0.25) is 0 Å². The second-order valence-corrected chi connectivity index (χ2v) is 6.56. The standard InChI is InChI=1S/C12H16FNO3S/c13-11-6-9(2-1-5-14)3-4-12(11)18(15,16)10-7-17-8-10/h3-4,6,10H,1-2,5,7-8,14H2. The van der Waals surface area contributed by atoms with E-state index in [1.54, 1.807) is 6.07 Å². The van der Waals surface area contributed by atoms with Gasteiger partial charge < -0.3 is 10.5 Å². The summed E-state index contributed by atoms with van der Waals surface area (Å²) in [5.41, 5.74) is 6.14. The molecule has 0 spiro atoms. The molecule has 1 heterocycles. The molecule has 1 saturated heterocycles. The molecule has 4 nitrogen and oxygen atoms in total. The van der Waals surface area contributed by atoms with Crippen molar-refractivity contribution in [1.82, 2.24) is 0 Å². The fraction of sp³-hybridized carbons (Fsp3) is 0.500. The lowest BCUT2D eigenvalue weighted by Gasteiger charge is -2.25. The Bertz CT molecular complexity index is 526. The zero-order valence-corrected chi connectivity index (χ0v) is 10.7. The first-order valence-corrected chi connectivity index (χ1v) is 7.40. The van der Waals surface area contributed by atoms with Crippen molar-refractivity contribution in [2.75, 3.05) is 19.8 Å². The fourth-order valence-corrected chi connectivity index (χ4v) is 3.31. The van der Waals surface area contributed by atoms with E-state index in [-0.39, 0.29) is 18.1 Å². The van der Waals surface area contributed by atoms with Crippen LogP contribution in [0.25, 0.3) is 0 Å². The minimum Gasteiger partial charge on any atom is -0.379 e. The molecule has 2 N–H and O–H groups in total. The molecule has 100 valence electrons. The fourth-order valence-electron chi connectivity index (χ4n) is 1.81. The van der Waals surface area contributed by atoms with Gasteiger partial charge in [-0.2, -0.15) is 0 Å². The van der Waals surface area contributed by atoms with E-state index in [0.717, 1.165) is 12.0 Å². The second kappa shape index (κ2) is 5.34. The number of hydrogen-bond donors (Lipinski definition) is 1. The molecule has 0 radical (unpaired) electrons. The van der Waals surface area contributed by atoms with E-state index in [4.69, 9.17) is 10.5 Å². The van der Waals surface area contributed by atoms with Crippen LogP contribution in [0.4, 0.5) is 4.39 Å². The number of benzene rings is 1. The first-order chi connectivity index (χ1) is 8.55. The van der Waals surface area contributed by atoms with E-state index < -0.39 is 20.9 Å². The molecule has 0 bridgehead atoms. The van der Waals surface area contributed by atoms with Crippen molar-refractivity contribution < 1.29 is 17.5 Å². The van der Waals surface area contributed by atoms with E-state index in [1.807, 2.05) is 0 Å². The van der Waals surface area contributed by atoms with Gasteiger partial charge in [0, 0.05) is 0 Å². The molecule has 1 aromatic rings. The van der Waals surface area contributed by atoms with Crippen LogP contribution in [0, 0.1) is 5.82 Å². The highest BCUT2D eigenvalue weighted by atomic mass is 32.2. The molecule has 18 heavy (non-hydrogen) atoms. The van der Waals surface area contributed by atoms with E-state index in [2.05, 4.69) is 0 Å². The van der Waals surface area contributed by atoms with Crippen LogP contribution in [-0.4, -0.2) is 33.4 Å². The normalized spacial score (nSPS) is 16.6. The van der Waals surface area contributed by atoms with Crippen molar-refractivity contribution in [3.63, 3.8) is 0 Å². The number of rotatable bonds is 5. The summed E-state index contributed by atoms with van der Waals surface area (Å²) in [6.07, 6.45) is 1.41. The Hall–Kier alpha value is -0.980. The van der Waals surface area contributed by atoms with Gasteiger partial charge in [0.2, 0.25) is 0 Å². The molecule has 0 aliphatic carbocycles. The Morgan fingerprint density at radius 2 is 2.11 bits per heavy atom. The van der Waals surface area contributed by atoms with Crippen molar-refractivity contribution >= 4 is 9.84 Å². The summed E-state index contributed by atoms with van der Waals surface area (Å²) < 4.78 is 42.7. The topological polar surface area (TPSA) is 69.4 Å². The highest BCUT2D eigenvalue weighted by molar-refractivity contribution is 7.92. The van der Waals surface area contributed by atoms with Crippen LogP contribution in [0.15, 0.2) is 23.1 Å². The Balaban J connectivity index is 2.24. The van der Waals surface area contributed by atoms with Gasteiger partial charge in [0.1, 0.15) is 16.0 Å². The smallest absolute Gasteiger partial charge is 0.188 e. The van der Waals surface area contributed by atoms with E-state index in [0.29, 0.717) is 13.0 Å². The third kappa shape index (κ3) is 2.55. The van der Waals surface area contributed by atoms with Gasteiger partial charge in [-0.05, 0) is 37.1 Å². The van der Waals surface area contributed by atoms with E-state index in [9.17, 15) is 12.8 Å². The van der Waals surface area contributed by atoms with Crippen molar-refractivity contribution in [2.45, 2.75) is 23.0 Å². The molecular formula is C12H16FNO3S. The average molecular weight is 273 g/mol. The molecule has 0 atom stereocenters. The quantitative estimate of drug-likeness (QED) is 0.865. The summed E-state index contributed by atoms with van der Waals surface area (Å²) in [4.78, 5) is -0.229. The Labute approximate surface area is 106 Å². The lowest BCUT2D eigenvalue weighted by Crippen LogP contribution is -2.40. The molecular weight excluding hydrogens is 257 g/mol. The summed E-state index contributed by atoms with van der Waals surface area (Å²) in [7, 11) is -3.59. The minimum atomic E-state index is -3.59. The lowest BCUT2D eigenvalue weighted by molar-refractivity contribution is 0.0415. The molecule has 0 amide bonds. The van der Waals surface area contributed by atoms with Crippen molar-refractivity contribution in [3.8, 4) is 0 Å². The zero-order chi connectivity index (χ0) is 13.2. The maximum Gasteiger partial charge on any atom is 0.188 e. The molecule has 1 aromatic carbocycles. The minimum absolute atomic E-state index is 0.150. The first-order valence-electron chi connectivity index (χ1n) is 5.86. The van der Waals surface area contributed by atoms with Gasteiger partial charge in [0.15, 0.2) is 9.84 Å². The molecule has 1 fully saturated rings. The number of hydrogen-bond acceptors (Lipinski definition) is 4. The molecule has 0 aromatic heterocycles. The van der Waals surface area contributed by atoms with Gasteiger partial charge in [-0.1, -0.05) is 6.07 Å². The molecule has 6 heteroatoms. The predicted octanol–water partition coefficient (Wildman–Crippen LogP) is 0.890. The summed E-state index contributed by atoms with van der Waals surface area (Å²) in [5.74, 6) is -0.684. The van der Waals surface area contributed by atoms with Crippen molar-refractivity contribution in [1.29, 1.82) is 0 Å². The average Bonchev–Trinajstić information content (AvgIpc) is 2.22. The largest absolute Gasteiger partial charge is 0.379 e. The van der Waals surface area contributed by atoms with Crippen LogP contribution < -0.4 is 5.73 Å². The van der Waals surface area contributed by atoms with Crippen LogP contribution in [-0.2, 0) is 21.0 Å². The molecule has 1 aliphatic heterocycles. The van der Waals surface area contributed by atoms with Crippen LogP contribution in [0.3, 0.4) is 0 Å². The van der Waals surface area contributed by atoms with Gasteiger partial charge in [0.25, 0.3) is 0 Å². The Morgan fingerprint density at radius 3 is 2.61 bits per heavy atom. The summed E-state index contributed by atoms with van der Waals surface area (Å²) >= 11 is 0. The van der Waals surface area contributed by atoms with Crippen molar-refractivity contribution in [3.05, 3.63) is 29.6 Å². The number of ether oxygens (including phenoxy) is 1. The highest BCUT2D eigenvalue weighted by Gasteiger charge is 2.35. The first kappa shape index (κ1) is 13.5. The third-order valence-electron chi connectivity index (χ3n) is 3.02. The monoisotopic (exact) mass is 273 g/mol. The predicted molar refractivity (Wildman–Crippen MR) is 65.6 cm³/mol. The molecule has 0 saturated carbocycles. The van der Waals surface area contributed by atoms with Gasteiger partial charge >= 0.3 is 0 Å². The second-order valence-electron chi connectivity index (χ2n) is 4.36. The Morgan fingerprint density at radius 1 is 1.39 bits per heavy atom. The lowest BCUT2D eigenvalue weighted by atomic mass is 10.1. The van der Waals surface area contributed by atoms with Crippen LogP contribution >= 0.6 is 0 Å². The van der Waals surface area contributed by atoms with Gasteiger partial charge in [-0.25, -0.2) is 12.8 Å². The van der Waals surface area contributed by atoms with E-state index in [1.165, 1.54) is 12.1 Å². The molecule has 0 unspecified atom stereocenters. The summed E-state index contributed by atoms with van der Waals surface area (Å²) in [6.45, 7) is 0.828. The van der Waals surface area contributed by atoms with Gasteiger partial charge in [-0.3, -0.25) is 0 Å². The number of sulfone groups is 1. The van der Waals surface area contributed by atoms with Crippen molar-refractivity contribution in [2.24, 2.45) is 5.73 Å².